The van der Waals surface area contributed by atoms with Crippen LogP contribution in [0, 0.1) is 5.92 Å². The first kappa shape index (κ1) is 14.4. The molecule has 1 amide bonds. The molecule has 0 aromatic rings. The topological polar surface area (TPSA) is 75.4 Å². The summed E-state index contributed by atoms with van der Waals surface area (Å²) in [5.41, 5.74) is 5.67. The van der Waals surface area contributed by atoms with E-state index in [2.05, 4.69) is 12.2 Å². The second-order valence-corrected chi connectivity index (χ2v) is 3.93. The van der Waals surface area contributed by atoms with Gasteiger partial charge in [0.05, 0.1) is 6.04 Å². The van der Waals surface area contributed by atoms with Crippen molar-refractivity contribution in [1.82, 2.24) is 5.32 Å². The largest absolute Gasteiger partial charge is 0.396 e. The van der Waals surface area contributed by atoms with Gasteiger partial charge in [0.15, 0.2) is 0 Å². The van der Waals surface area contributed by atoms with E-state index in [-0.39, 0.29) is 18.6 Å². The van der Waals surface area contributed by atoms with E-state index >= 15 is 0 Å². The molecule has 4 nitrogen and oxygen atoms in total. The zero-order valence-corrected chi connectivity index (χ0v) is 9.83. The third kappa shape index (κ3) is 6.47. The van der Waals surface area contributed by atoms with Crippen molar-refractivity contribution in [1.29, 1.82) is 0 Å². The molecule has 0 aromatic heterocycles. The Balaban J connectivity index is 3.76. The van der Waals surface area contributed by atoms with Crippen molar-refractivity contribution < 1.29 is 9.90 Å². The Kier molecular flexibility index (Phi) is 8.33. The number of nitrogens with two attached hydrogens (primary N) is 1. The predicted octanol–water partition coefficient (Wildman–Crippen LogP) is 0.639. The quantitative estimate of drug-likeness (QED) is 0.557. The van der Waals surface area contributed by atoms with Gasteiger partial charge in [-0.25, -0.2) is 0 Å². The summed E-state index contributed by atoms with van der Waals surface area (Å²) in [6.07, 6.45) is 3.34. The van der Waals surface area contributed by atoms with Gasteiger partial charge < -0.3 is 16.2 Å². The molecule has 15 heavy (non-hydrogen) atoms. The Morgan fingerprint density at radius 3 is 2.53 bits per heavy atom. The van der Waals surface area contributed by atoms with Crippen molar-refractivity contribution in [3.63, 3.8) is 0 Å². The van der Waals surface area contributed by atoms with Crippen LogP contribution in [-0.2, 0) is 4.79 Å². The molecule has 0 aliphatic carbocycles. The summed E-state index contributed by atoms with van der Waals surface area (Å²) in [6, 6.07) is -0.387. The van der Waals surface area contributed by atoms with E-state index in [9.17, 15) is 4.79 Å². The third-order valence-corrected chi connectivity index (χ3v) is 2.62. The zero-order valence-electron chi connectivity index (χ0n) is 9.83. The van der Waals surface area contributed by atoms with E-state index in [1.54, 1.807) is 0 Å². The van der Waals surface area contributed by atoms with Crippen molar-refractivity contribution in [2.45, 2.75) is 45.6 Å². The average Bonchev–Trinajstić information content (AvgIpc) is 2.24. The number of hydrogen-bond donors (Lipinski definition) is 3. The first-order chi connectivity index (χ1) is 7.15. The van der Waals surface area contributed by atoms with E-state index in [4.69, 9.17) is 10.8 Å². The fourth-order valence-electron chi connectivity index (χ4n) is 1.45. The lowest BCUT2D eigenvalue weighted by molar-refractivity contribution is -0.122. The van der Waals surface area contributed by atoms with Crippen LogP contribution in [-0.4, -0.2) is 30.2 Å². The summed E-state index contributed by atoms with van der Waals surface area (Å²) >= 11 is 0. The zero-order chi connectivity index (χ0) is 11.7. The van der Waals surface area contributed by atoms with Gasteiger partial charge in [0.25, 0.3) is 0 Å². The molecule has 4 N–H and O–H groups in total. The smallest absolute Gasteiger partial charge is 0.236 e. The number of carbonyl (C=O) groups excluding carboxylic acids is 1. The Morgan fingerprint density at radius 1 is 1.40 bits per heavy atom. The van der Waals surface area contributed by atoms with Gasteiger partial charge in [0, 0.05) is 13.2 Å². The second-order valence-electron chi connectivity index (χ2n) is 3.93. The third-order valence-electron chi connectivity index (χ3n) is 2.62. The Morgan fingerprint density at radius 2 is 2.07 bits per heavy atom. The summed E-state index contributed by atoms with van der Waals surface area (Å²) in [4.78, 5) is 11.5. The molecule has 90 valence electrons. The molecular weight excluding hydrogens is 192 g/mol. The molecule has 0 aliphatic rings. The SMILES string of the molecule is CCC[C@H](N)C(=O)NCC(CC)CCO. The summed E-state index contributed by atoms with van der Waals surface area (Å²) in [5.74, 6) is 0.279. The standard InChI is InChI=1S/C11H24N2O2/c1-3-5-10(12)11(15)13-8-9(4-2)6-7-14/h9-10,14H,3-8,12H2,1-2H3,(H,13,15)/t9?,10-/m0/s1. The van der Waals surface area contributed by atoms with E-state index in [1.165, 1.54) is 0 Å². The number of aliphatic hydroxyl groups excluding tert-OH is 1. The number of aliphatic hydroxyl groups is 1. The molecule has 0 fully saturated rings. The predicted molar refractivity (Wildman–Crippen MR) is 61.4 cm³/mol. The van der Waals surface area contributed by atoms with Crippen molar-refractivity contribution in [3.8, 4) is 0 Å². The van der Waals surface area contributed by atoms with Crippen molar-refractivity contribution in [2.24, 2.45) is 11.7 Å². The molecule has 0 saturated carbocycles. The van der Waals surface area contributed by atoms with Gasteiger partial charge in [0.1, 0.15) is 0 Å². The van der Waals surface area contributed by atoms with E-state index in [1.807, 2.05) is 6.92 Å². The maximum Gasteiger partial charge on any atom is 0.236 e. The van der Waals surface area contributed by atoms with Gasteiger partial charge in [-0.2, -0.15) is 0 Å². The van der Waals surface area contributed by atoms with Crippen LogP contribution in [0.15, 0.2) is 0 Å². The Labute approximate surface area is 92.2 Å². The number of carbonyl (C=O) groups is 1. The lowest BCUT2D eigenvalue weighted by atomic mass is 10.0. The van der Waals surface area contributed by atoms with Gasteiger partial charge in [-0.15, -0.1) is 0 Å². The van der Waals surface area contributed by atoms with Crippen molar-refractivity contribution in [3.05, 3.63) is 0 Å². The van der Waals surface area contributed by atoms with Crippen LogP contribution in [0.3, 0.4) is 0 Å². The van der Waals surface area contributed by atoms with Crippen LogP contribution in [0.5, 0.6) is 0 Å². The van der Waals surface area contributed by atoms with Crippen molar-refractivity contribution >= 4 is 5.91 Å². The van der Waals surface area contributed by atoms with Crippen LogP contribution >= 0.6 is 0 Å². The molecule has 0 saturated heterocycles. The second kappa shape index (κ2) is 8.68. The fourth-order valence-corrected chi connectivity index (χ4v) is 1.45. The highest BCUT2D eigenvalue weighted by Crippen LogP contribution is 2.05. The summed E-state index contributed by atoms with van der Waals surface area (Å²) in [6.45, 7) is 4.86. The minimum absolute atomic E-state index is 0.0757. The van der Waals surface area contributed by atoms with Gasteiger partial charge >= 0.3 is 0 Å². The molecule has 0 aromatic carbocycles. The van der Waals surface area contributed by atoms with Gasteiger partial charge in [-0.3, -0.25) is 4.79 Å². The van der Waals surface area contributed by atoms with Crippen LogP contribution in [0.4, 0.5) is 0 Å². The number of hydrogen-bond acceptors (Lipinski definition) is 3. The molecule has 0 rings (SSSR count). The van der Waals surface area contributed by atoms with Crippen molar-refractivity contribution in [2.75, 3.05) is 13.2 Å². The van der Waals surface area contributed by atoms with E-state index < -0.39 is 0 Å². The highest BCUT2D eigenvalue weighted by Gasteiger charge is 2.13. The highest BCUT2D eigenvalue weighted by molar-refractivity contribution is 5.81. The van der Waals surface area contributed by atoms with E-state index in [0.29, 0.717) is 12.5 Å². The lowest BCUT2D eigenvalue weighted by Crippen LogP contribution is -2.42. The molecule has 0 spiro atoms. The highest BCUT2D eigenvalue weighted by atomic mass is 16.3. The normalized spacial score (nSPS) is 14.7. The molecule has 0 aliphatic heterocycles. The monoisotopic (exact) mass is 216 g/mol. The minimum atomic E-state index is -0.387. The van der Waals surface area contributed by atoms with Gasteiger partial charge in [0.2, 0.25) is 5.91 Å². The molecule has 4 heteroatoms. The maximum atomic E-state index is 11.5. The summed E-state index contributed by atoms with van der Waals surface area (Å²) < 4.78 is 0. The first-order valence-electron chi connectivity index (χ1n) is 5.79. The molecule has 0 bridgehead atoms. The van der Waals surface area contributed by atoms with Gasteiger partial charge in [-0.05, 0) is 18.8 Å². The molecule has 0 heterocycles. The first-order valence-corrected chi connectivity index (χ1v) is 5.79. The molecule has 2 atom stereocenters. The maximum absolute atomic E-state index is 11.5. The number of amides is 1. The molecule has 0 radical (unpaired) electrons. The lowest BCUT2D eigenvalue weighted by Gasteiger charge is -2.16. The molecular formula is C11H24N2O2. The van der Waals surface area contributed by atoms with Crippen LogP contribution < -0.4 is 11.1 Å². The van der Waals surface area contributed by atoms with Crippen LogP contribution in [0.2, 0.25) is 0 Å². The minimum Gasteiger partial charge on any atom is -0.396 e. The number of rotatable bonds is 8. The summed E-state index contributed by atoms with van der Waals surface area (Å²) in [5, 5.41) is 11.6. The average molecular weight is 216 g/mol. The van der Waals surface area contributed by atoms with Crippen LogP contribution in [0.25, 0.3) is 0 Å². The Hall–Kier alpha value is -0.610. The van der Waals surface area contributed by atoms with Crippen LogP contribution in [0.1, 0.15) is 39.5 Å². The van der Waals surface area contributed by atoms with E-state index in [0.717, 1.165) is 25.7 Å². The Bertz CT molecular complexity index is 174. The number of nitrogens with one attached hydrogen (secondary N) is 1. The van der Waals surface area contributed by atoms with Gasteiger partial charge in [-0.1, -0.05) is 26.7 Å². The fraction of sp³-hybridized carbons (Fsp3) is 0.909. The molecule has 1 unspecified atom stereocenters. The summed E-state index contributed by atoms with van der Waals surface area (Å²) in [7, 11) is 0.